The van der Waals surface area contributed by atoms with Gasteiger partial charge in [-0.3, -0.25) is 4.79 Å². The quantitative estimate of drug-likeness (QED) is 0.796. The first-order chi connectivity index (χ1) is 11.7. The van der Waals surface area contributed by atoms with E-state index in [1.54, 1.807) is 6.07 Å². The Balaban J connectivity index is 1.59. The van der Waals surface area contributed by atoms with Crippen LogP contribution in [-0.2, 0) is 9.63 Å². The zero-order chi connectivity index (χ0) is 16.9. The summed E-state index contributed by atoms with van der Waals surface area (Å²) in [6, 6.07) is 6.40. The SMILES string of the molecule is CCCN(CC1CC(c2cccc(F)c2)=NO1)C(=O)C1CCCC1. The van der Waals surface area contributed by atoms with Crippen LogP contribution in [0.5, 0.6) is 0 Å². The third-order valence-corrected chi connectivity index (χ3v) is 4.82. The molecule has 0 bridgehead atoms. The van der Waals surface area contributed by atoms with Crippen molar-refractivity contribution >= 4 is 11.6 Å². The summed E-state index contributed by atoms with van der Waals surface area (Å²) < 4.78 is 13.4. The number of nitrogens with zero attached hydrogens (tertiary/aromatic N) is 2. The van der Waals surface area contributed by atoms with Gasteiger partial charge < -0.3 is 9.74 Å². The van der Waals surface area contributed by atoms with Gasteiger partial charge in [-0.25, -0.2) is 4.39 Å². The molecule has 0 spiro atoms. The molecule has 130 valence electrons. The van der Waals surface area contributed by atoms with Gasteiger partial charge in [0.1, 0.15) is 5.82 Å². The van der Waals surface area contributed by atoms with E-state index in [-0.39, 0.29) is 23.7 Å². The number of hydrogen-bond donors (Lipinski definition) is 0. The molecule has 24 heavy (non-hydrogen) atoms. The van der Waals surface area contributed by atoms with Crippen molar-refractivity contribution in [1.29, 1.82) is 0 Å². The minimum Gasteiger partial charge on any atom is -0.390 e. The number of benzene rings is 1. The van der Waals surface area contributed by atoms with E-state index in [1.165, 1.54) is 12.1 Å². The van der Waals surface area contributed by atoms with E-state index >= 15 is 0 Å². The lowest BCUT2D eigenvalue weighted by atomic mass is 10.0. The molecule has 1 saturated carbocycles. The maximum absolute atomic E-state index is 13.4. The Hall–Kier alpha value is -1.91. The molecule has 1 atom stereocenters. The number of amides is 1. The van der Waals surface area contributed by atoms with Crippen molar-refractivity contribution in [1.82, 2.24) is 4.90 Å². The third kappa shape index (κ3) is 3.94. The Bertz CT molecular complexity index is 611. The maximum atomic E-state index is 13.4. The van der Waals surface area contributed by atoms with Gasteiger partial charge in [-0.2, -0.15) is 0 Å². The number of oxime groups is 1. The minimum atomic E-state index is -0.275. The molecule has 1 aromatic carbocycles. The summed E-state index contributed by atoms with van der Waals surface area (Å²) >= 11 is 0. The second-order valence-electron chi connectivity index (χ2n) is 6.75. The summed E-state index contributed by atoms with van der Waals surface area (Å²) in [6.45, 7) is 3.40. The van der Waals surface area contributed by atoms with E-state index in [4.69, 9.17) is 4.84 Å². The Labute approximate surface area is 142 Å². The van der Waals surface area contributed by atoms with Gasteiger partial charge in [-0.05, 0) is 31.4 Å². The van der Waals surface area contributed by atoms with Crippen molar-refractivity contribution in [2.24, 2.45) is 11.1 Å². The van der Waals surface area contributed by atoms with Gasteiger partial charge in [-0.15, -0.1) is 0 Å². The summed E-state index contributed by atoms with van der Waals surface area (Å²) in [6.07, 6.45) is 5.74. The second-order valence-corrected chi connectivity index (χ2v) is 6.75. The van der Waals surface area contributed by atoms with Crippen LogP contribution in [0.1, 0.15) is 51.0 Å². The maximum Gasteiger partial charge on any atom is 0.225 e. The van der Waals surface area contributed by atoms with Gasteiger partial charge >= 0.3 is 0 Å². The molecule has 2 aliphatic rings. The van der Waals surface area contributed by atoms with Gasteiger partial charge in [0, 0.05) is 24.4 Å². The predicted molar refractivity (Wildman–Crippen MR) is 91.3 cm³/mol. The van der Waals surface area contributed by atoms with Crippen LogP contribution in [0.3, 0.4) is 0 Å². The van der Waals surface area contributed by atoms with Crippen molar-refractivity contribution in [3.63, 3.8) is 0 Å². The van der Waals surface area contributed by atoms with Crippen molar-refractivity contribution in [3.05, 3.63) is 35.6 Å². The van der Waals surface area contributed by atoms with Crippen molar-refractivity contribution < 1.29 is 14.0 Å². The third-order valence-electron chi connectivity index (χ3n) is 4.82. The predicted octanol–water partition coefficient (Wildman–Crippen LogP) is 3.75. The fourth-order valence-corrected chi connectivity index (χ4v) is 3.60. The van der Waals surface area contributed by atoms with Crippen LogP contribution in [0.25, 0.3) is 0 Å². The topological polar surface area (TPSA) is 41.9 Å². The van der Waals surface area contributed by atoms with Crippen LogP contribution in [0.4, 0.5) is 4.39 Å². The molecule has 1 aromatic rings. The fourth-order valence-electron chi connectivity index (χ4n) is 3.60. The highest BCUT2D eigenvalue weighted by molar-refractivity contribution is 6.01. The van der Waals surface area contributed by atoms with Gasteiger partial charge in [0.05, 0.1) is 12.3 Å². The Kier molecular flexibility index (Phi) is 5.48. The standard InChI is InChI=1S/C19H25FN2O2/c1-2-10-22(19(23)14-6-3-4-7-14)13-17-12-18(21-24-17)15-8-5-9-16(20)11-15/h5,8-9,11,14,17H,2-4,6-7,10,12-13H2,1H3. The van der Waals surface area contributed by atoms with Gasteiger partial charge in [0.15, 0.2) is 6.10 Å². The average Bonchev–Trinajstić information content (AvgIpc) is 3.26. The Morgan fingerprint density at radius 2 is 2.17 bits per heavy atom. The molecule has 1 aliphatic carbocycles. The van der Waals surface area contributed by atoms with E-state index in [1.807, 2.05) is 11.0 Å². The van der Waals surface area contributed by atoms with Crippen LogP contribution in [0.2, 0.25) is 0 Å². The summed E-state index contributed by atoms with van der Waals surface area (Å²) in [5.74, 6) is 0.168. The largest absolute Gasteiger partial charge is 0.390 e. The highest BCUT2D eigenvalue weighted by atomic mass is 19.1. The fraction of sp³-hybridized carbons (Fsp3) is 0.579. The lowest BCUT2D eigenvalue weighted by molar-refractivity contribution is -0.137. The molecule has 1 aliphatic heterocycles. The average molecular weight is 332 g/mol. The zero-order valence-electron chi connectivity index (χ0n) is 14.2. The normalized spacial score (nSPS) is 20.8. The molecule has 1 fully saturated rings. The molecule has 0 radical (unpaired) electrons. The molecule has 1 unspecified atom stereocenters. The molecular formula is C19H25FN2O2. The highest BCUT2D eigenvalue weighted by Crippen LogP contribution is 2.27. The van der Waals surface area contributed by atoms with E-state index in [2.05, 4.69) is 12.1 Å². The second kappa shape index (κ2) is 7.77. The first-order valence-electron chi connectivity index (χ1n) is 8.94. The van der Waals surface area contributed by atoms with E-state index in [9.17, 15) is 9.18 Å². The van der Waals surface area contributed by atoms with Crippen molar-refractivity contribution in [2.75, 3.05) is 13.1 Å². The number of hydrogen-bond acceptors (Lipinski definition) is 3. The molecule has 0 N–H and O–H groups in total. The van der Waals surface area contributed by atoms with Gasteiger partial charge in [-0.1, -0.05) is 37.1 Å². The molecule has 0 aromatic heterocycles. The molecular weight excluding hydrogens is 307 g/mol. The zero-order valence-corrected chi connectivity index (χ0v) is 14.2. The Morgan fingerprint density at radius 1 is 1.38 bits per heavy atom. The highest BCUT2D eigenvalue weighted by Gasteiger charge is 2.31. The van der Waals surface area contributed by atoms with Crippen LogP contribution >= 0.6 is 0 Å². The van der Waals surface area contributed by atoms with E-state index in [0.717, 1.165) is 49.9 Å². The monoisotopic (exact) mass is 332 g/mol. The molecule has 5 heteroatoms. The lowest BCUT2D eigenvalue weighted by Gasteiger charge is -2.27. The first kappa shape index (κ1) is 16.9. The van der Waals surface area contributed by atoms with Crippen LogP contribution in [0, 0.1) is 11.7 Å². The van der Waals surface area contributed by atoms with Crippen LogP contribution in [0.15, 0.2) is 29.4 Å². The van der Waals surface area contributed by atoms with E-state index < -0.39 is 0 Å². The van der Waals surface area contributed by atoms with Gasteiger partial charge in [0.2, 0.25) is 5.91 Å². The lowest BCUT2D eigenvalue weighted by Crippen LogP contribution is -2.41. The Morgan fingerprint density at radius 3 is 2.88 bits per heavy atom. The summed E-state index contributed by atoms with van der Waals surface area (Å²) in [4.78, 5) is 20.2. The number of rotatable bonds is 6. The van der Waals surface area contributed by atoms with Crippen molar-refractivity contribution in [3.8, 4) is 0 Å². The number of halogens is 1. The van der Waals surface area contributed by atoms with E-state index in [0.29, 0.717) is 13.0 Å². The minimum absolute atomic E-state index is 0.139. The van der Waals surface area contributed by atoms with Crippen LogP contribution in [-0.4, -0.2) is 35.7 Å². The summed E-state index contributed by atoms with van der Waals surface area (Å²) in [5.41, 5.74) is 1.51. The number of carbonyl (C=O) groups is 1. The molecule has 3 rings (SSSR count). The van der Waals surface area contributed by atoms with Crippen LogP contribution < -0.4 is 0 Å². The summed E-state index contributed by atoms with van der Waals surface area (Å²) in [7, 11) is 0. The van der Waals surface area contributed by atoms with Crippen molar-refractivity contribution in [2.45, 2.75) is 51.6 Å². The molecule has 1 amide bonds. The number of carbonyl (C=O) groups excluding carboxylic acids is 1. The molecule has 0 saturated heterocycles. The smallest absolute Gasteiger partial charge is 0.225 e. The molecule has 1 heterocycles. The summed E-state index contributed by atoms with van der Waals surface area (Å²) in [5, 5.41) is 4.11. The first-order valence-corrected chi connectivity index (χ1v) is 8.94. The van der Waals surface area contributed by atoms with Gasteiger partial charge in [0.25, 0.3) is 0 Å². The molecule has 4 nitrogen and oxygen atoms in total.